The second-order valence-electron chi connectivity index (χ2n) is 5.56. The van der Waals surface area contributed by atoms with Gasteiger partial charge in [0.25, 0.3) is 0 Å². The van der Waals surface area contributed by atoms with Crippen LogP contribution in [0.5, 0.6) is 11.5 Å². The molecule has 2 aromatic rings. The molecule has 0 N–H and O–H groups in total. The molecule has 0 bridgehead atoms. The molecule has 0 radical (unpaired) electrons. The van der Waals surface area contributed by atoms with Crippen molar-refractivity contribution in [3.05, 3.63) is 76.4 Å². The molecule has 0 aliphatic carbocycles. The number of hydrogen-bond donors (Lipinski definition) is 0. The van der Waals surface area contributed by atoms with E-state index in [1.165, 1.54) is 0 Å². The van der Waals surface area contributed by atoms with E-state index in [4.69, 9.17) is 14.2 Å². The first-order valence-electron chi connectivity index (χ1n) is 8.40. The third-order valence-electron chi connectivity index (χ3n) is 3.62. The van der Waals surface area contributed by atoms with Gasteiger partial charge in [0.15, 0.2) is 17.2 Å². The minimum absolute atomic E-state index is 0.225. The van der Waals surface area contributed by atoms with Gasteiger partial charge in [-0.05, 0) is 58.8 Å². The fourth-order valence-electron chi connectivity index (χ4n) is 2.49. The summed E-state index contributed by atoms with van der Waals surface area (Å²) in [4.78, 5) is 16.5. The number of nitrogens with zero attached hydrogens (tertiary/aromatic N) is 1. The molecule has 0 amide bonds. The van der Waals surface area contributed by atoms with Crippen LogP contribution in [0.4, 0.5) is 0 Å². The molecule has 0 fully saturated rings. The summed E-state index contributed by atoms with van der Waals surface area (Å²) in [5.74, 6) is 0.956. The zero-order valence-corrected chi connectivity index (χ0v) is 16.4. The Labute approximate surface area is 166 Å². The first-order valence-corrected chi connectivity index (χ1v) is 9.19. The fourth-order valence-corrected chi connectivity index (χ4v) is 3.06. The van der Waals surface area contributed by atoms with E-state index in [9.17, 15) is 4.79 Å². The maximum Gasteiger partial charge on any atom is 0.363 e. The third kappa shape index (κ3) is 4.46. The van der Waals surface area contributed by atoms with Crippen LogP contribution >= 0.6 is 15.9 Å². The number of carbonyl (C=O) groups is 1. The number of benzene rings is 2. The number of hydrogen-bond acceptors (Lipinski definition) is 5. The molecular weight excluding hydrogens is 410 g/mol. The maximum atomic E-state index is 12.2. The number of cyclic esters (lactones) is 1. The topological polar surface area (TPSA) is 57.1 Å². The van der Waals surface area contributed by atoms with E-state index in [0.29, 0.717) is 35.1 Å². The van der Waals surface area contributed by atoms with E-state index in [0.717, 1.165) is 11.1 Å². The van der Waals surface area contributed by atoms with Crippen molar-refractivity contribution >= 4 is 33.9 Å². The van der Waals surface area contributed by atoms with Crippen molar-refractivity contribution in [2.45, 2.75) is 6.92 Å². The van der Waals surface area contributed by atoms with Crippen LogP contribution in [0.3, 0.4) is 0 Å². The van der Waals surface area contributed by atoms with Gasteiger partial charge in [0, 0.05) is 5.56 Å². The molecule has 2 aromatic carbocycles. The van der Waals surface area contributed by atoms with Crippen LogP contribution in [0, 0.1) is 0 Å². The quantitative estimate of drug-likeness (QED) is 0.363. The van der Waals surface area contributed by atoms with Crippen molar-refractivity contribution < 1.29 is 19.0 Å². The molecule has 0 saturated heterocycles. The molecule has 5 nitrogen and oxygen atoms in total. The van der Waals surface area contributed by atoms with Crippen LogP contribution in [0.2, 0.25) is 0 Å². The SMILES string of the molecule is C=CCOc1c(Br)cc(/C=C2/N=C(c3ccccc3)OC2=O)cc1OCC. The Bertz CT molecular complexity index is 919. The second-order valence-corrected chi connectivity index (χ2v) is 6.42. The highest BCUT2D eigenvalue weighted by Gasteiger charge is 2.24. The summed E-state index contributed by atoms with van der Waals surface area (Å²) < 4.78 is 17.3. The van der Waals surface area contributed by atoms with E-state index in [2.05, 4.69) is 27.5 Å². The van der Waals surface area contributed by atoms with E-state index >= 15 is 0 Å². The Morgan fingerprint density at radius 1 is 1.22 bits per heavy atom. The molecular formula is C21H18BrNO4. The van der Waals surface area contributed by atoms with Gasteiger partial charge in [-0.1, -0.05) is 30.9 Å². The number of aliphatic imine (C=N–C) groups is 1. The van der Waals surface area contributed by atoms with Gasteiger partial charge < -0.3 is 14.2 Å². The van der Waals surface area contributed by atoms with Crippen molar-refractivity contribution in [1.82, 2.24) is 0 Å². The maximum absolute atomic E-state index is 12.2. The van der Waals surface area contributed by atoms with Crippen molar-refractivity contribution in [2.75, 3.05) is 13.2 Å². The Kier molecular flexibility index (Phi) is 6.08. The number of esters is 1. The normalized spacial score (nSPS) is 14.7. The van der Waals surface area contributed by atoms with E-state index in [1.807, 2.05) is 43.3 Å². The van der Waals surface area contributed by atoms with Crippen molar-refractivity contribution in [3.8, 4) is 11.5 Å². The number of rotatable bonds is 7. The van der Waals surface area contributed by atoms with Crippen LogP contribution < -0.4 is 9.47 Å². The second kappa shape index (κ2) is 8.68. The highest BCUT2D eigenvalue weighted by atomic mass is 79.9. The number of halogens is 1. The monoisotopic (exact) mass is 427 g/mol. The summed E-state index contributed by atoms with van der Waals surface area (Å²) in [5.41, 5.74) is 1.71. The van der Waals surface area contributed by atoms with Crippen LogP contribution in [-0.4, -0.2) is 25.1 Å². The van der Waals surface area contributed by atoms with Crippen LogP contribution in [0.15, 0.2) is 70.3 Å². The summed E-state index contributed by atoms with van der Waals surface area (Å²) in [7, 11) is 0. The minimum Gasteiger partial charge on any atom is -0.490 e. The molecule has 1 aliphatic heterocycles. The van der Waals surface area contributed by atoms with Crippen LogP contribution in [-0.2, 0) is 9.53 Å². The zero-order valence-electron chi connectivity index (χ0n) is 14.8. The first kappa shape index (κ1) is 18.9. The molecule has 0 saturated carbocycles. The van der Waals surface area contributed by atoms with E-state index in [1.54, 1.807) is 18.2 Å². The fraction of sp³-hybridized carbons (Fsp3) is 0.143. The lowest BCUT2D eigenvalue weighted by Crippen LogP contribution is -2.05. The Morgan fingerprint density at radius 2 is 2.00 bits per heavy atom. The summed E-state index contributed by atoms with van der Waals surface area (Å²) in [6.07, 6.45) is 3.31. The highest BCUT2D eigenvalue weighted by Crippen LogP contribution is 2.37. The first-order chi connectivity index (χ1) is 13.1. The largest absolute Gasteiger partial charge is 0.490 e. The molecule has 6 heteroatoms. The molecule has 138 valence electrons. The lowest BCUT2D eigenvalue weighted by Gasteiger charge is -2.13. The van der Waals surface area contributed by atoms with E-state index in [-0.39, 0.29) is 5.70 Å². The average Bonchev–Trinajstić information content (AvgIpc) is 3.03. The minimum atomic E-state index is -0.491. The molecule has 1 heterocycles. The third-order valence-corrected chi connectivity index (χ3v) is 4.21. The van der Waals surface area contributed by atoms with Gasteiger partial charge in [-0.2, -0.15) is 0 Å². The van der Waals surface area contributed by atoms with Gasteiger partial charge in [-0.3, -0.25) is 0 Å². The standard InChI is InChI=1S/C21H18BrNO4/c1-3-10-26-19-16(22)11-14(13-18(19)25-4-2)12-17-21(24)27-20(23-17)15-8-6-5-7-9-15/h3,5-9,11-13H,1,4,10H2,2H3/b17-12+. The smallest absolute Gasteiger partial charge is 0.363 e. The van der Waals surface area contributed by atoms with Gasteiger partial charge in [-0.25, -0.2) is 9.79 Å². The number of ether oxygens (including phenoxy) is 3. The predicted octanol–water partition coefficient (Wildman–Crippen LogP) is 4.76. The molecule has 0 aromatic heterocycles. The summed E-state index contributed by atoms with van der Waals surface area (Å²) in [6.45, 7) is 6.38. The number of carbonyl (C=O) groups excluding carboxylic acids is 1. The van der Waals surface area contributed by atoms with Gasteiger partial charge >= 0.3 is 5.97 Å². The molecule has 27 heavy (non-hydrogen) atoms. The Hall–Kier alpha value is -2.86. The van der Waals surface area contributed by atoms with Gasteiger partial charge in [0.2, 0.25) is 5.90 Å². The molecule has 3 rings (SSSR count). The Balaban J connectivity index is 1.95. The molecule has 1 aliphatic rings. The molecule has 0 unspecified atom stereocenters. The van der Waals surface area contributed by atoms with Gasteiger partial charge in [0.05, 0.1) is 11.1 Å². The van der Waals surface area contributed by atoms with Crippen LogP contribution in [0.1, 0.15) is 18.1 Å². The zero-order chi connectivity index (χ0) is 19.2. The summed E-state index contributed by atoms with van der Waals surface area (Å²) in [6, 6.07) is 12.9. The molecule has 0 spiro atoms. The van der Waals surface area contributed by atoms with Crippen molar-refractivity contribution in [1.29, 1.82) is 0 Å². The lowest BCUT2D eigenvalue weighted by atomic mass is 10.1. The van der Waals surface area contributed by atoms with Gasteiger partial charge in [0.1, 0.15) is 6.61 Å². The summed E-state index contributed by atoms with van der Waals surface area (Å²) in [5, 5.41) is 0. The average molecular weight is 428 g/mol. The Morgan fingerprint density at radius 3 is 2.70 bits per heavy atom. The molecule has 0 atom stereocenters. The van der Waals surface area contributed by atoms with Crippen molar-refractivity contribution in [3.63, 3.8) is 0 Å². The van der Waals surface area contributed by atoms with Crippen LogP contribution in [0.25, 0.3) is 6.08 Å². The van der Waals surface area contributed by atoms with E-state index < -0.39 is 5.97 Å². The highest BCUT2D eigenvalue weighted by molar-refractivity contribution is 9.10. The van der Waals surface area contributed by atoms with Gasteiger partial charge in [-0.15, -0.1) is 0 Å². The summed E-state index contributed by atoms with van der Waals surface area (Å²) >= 11 is 3.49. The predicted molar refractivity (Wildman–Crippen MR) is 108 cm³/mol. The van der Waals surface area contributed by atoms with Crippen molar-refractivity contribution in [2.24, 2.45) is 4.99 Å². The lowest BCUT2D eigenvalue weighted by molar-refractivity contribution is -0.129.